The first kappa shape index (κ1) is 19.7. The normalized spacial score (nSPS) is 19.0. The van der Waals surface area contributed by atoms with E-state index >= 15 is 0 Å². The minimum Gasteiger partial charge on any atom is -0.269 e. The molecule has 2 aromatic rings. The summed E-state index contributed by atoms with van der Waals surface area (Å²) in [4.78, 5) is 32.6. The van der Waals surface area contributed by atoms with Crippen molar-refractivity contribution in [1.82, 2.24) is 9.80 Å². The summed E-state index contributed by atoms with van der Waals surface area (Å²) in [6.45, 7) is 0.494. The Bertz CT molecular complexity index is 1020. The molecule has 1 atom stereocenters. The van der Waals surface area contributed by atoms with Gasteiger partial charge in [0.15, 0.2) is 0 Å². The fraction of sp³-hybridized carbons (Fsp3) is 0.238. The summed E-state index contributed by atoms with van der Waals surface area (Å²) >= 11 is 7.57. The third-order valence-corrected chi connectivity index (χ3v) is 6.28. The first-order valence-electron chi connectivity index (χ1n) is 9.14. The number of likely N-dealkylation sites (N-methyl/N-ethyl adjacent to an activating group) is 2. The van der Waals surface area contributed by atoms with Crippen LogP contribution in [-0.2, 0) is 17.1 Å². The minimum absolute atomic E-state index is 0.267. The quantitative estimate of drug-likeness (QED) is 0.702. The largest absolute Gasteiger partial charge is 0.358 e. The van der Waals surface area contributed by atoms with Gasteiger partial charge in [0.2, 0.25) is 0 Å². The topological polar surface area (TPSA) is 56.0 Å². The van der Waals surface area contributed by atoms with Crippen molar-refractivity contribution in [2.24, 2.45) is 4.99 Å². The molecule has 29 heavy (non-hydrogen) atoms. The Morgan fingerprint density at radius 1 is 1.00 bits per heavy atom. The van der Waals surface area contributed by atoms with E-state index in [-0.39, 0.29) is 11.9 Å². The number of rotatable bonds is 4. The van der Waals surface area contributed by atoms with Crippen LogP contribution in [0.5, 0.6) is 0 Å². The number of hydrogen-bond acceptors (Lipinski definition) is 4. The number of imide groups is 1. The van der Waals surface area contributed by atoms with Crippen LogP contribution in [0.1, 0.15) is 11.1 Å². The van der Waals surface area contributed by atoms with Crippen LogP contribution in [-0.4, -0.2) is 57.5 Å². The number of fused-ring (bicyclic) bond motifs is 1. The monoisotopic (exact) mass is 427 g/mol. The molecule has 0 spiro atoms. The number of halogens is 1. The lowest BCUT2D eigenvalue weighted by Crippen LogP contribution is -2.61. The highest BCUT2D eigenvalue weighted by Gasteiger charge is 2.53. The Labute approximate surface area is 178 Å². The SMILES string of the molecule is CN1C(=O)C2C(=NC(SCc3ccccc3)=[N+]2Cc2ccc(Cl)cc2)N(C)C1=O. The number of carbonyl (C=O) groups is 2. The van der Waals surface area contributed by atoms with Gasteiger partial charge >= 0.3 is 11.2 Å². The molecule has 4 rings (SSSR count). The van der Waals surface area contributed by atoms with E-state index in [2.05, 4.69) is 12.1 Å². The van der Waals surface area contributed by atoms with Crippen LogP contribution < -0.4 is 0 Å². The van der Waals surface area contributed by atoms with Crippen LogP contribution >= 0.6 is 23.4 Å². The number of urea groups is 1. The van der Waals surface area contributed by atoms with Crippen LogP contribution in [0.25, 0.3) is 0 Å². The summed E-state index contributed by atoms with van der Waals surface area (Å²) in [7, 11) is 3.16. The highest BCUT2D eigenvalue weighted by atomic mass is 35.5. The zero-order valence-corrected chi connectivity index (χ0v) is 17.7. The predicted molar refractivity (Wildman–Crippen MR) is 115 cm³/mol. The Morgan fingerprint density at radius 3 is 2.38 bits per heavy atom. The molecular formula is C21H20ClN4O2S+. The van der Waals surface area contributed by atoms with Crippen molar-refractivity contribution < 1.29 is 14.2 Å². The van der Waals surface area contributed by atoms with Gasteiger partial charge < -0.3 is 0 Å². The van der Waals surface area contributed by atoms with Crippen molar-refractivity contribution in [3.8, 4) is 0 Å². The highest BCUT2D eigenvalue weighted by molar-refractivity contribution is 8.13. The molecule has 2 aliphatic heterocycles. The second-order valence-corrected chi connectivity index (χ2v) is 8.30. The molecule has 1 fully saturated rings. The summed E-state index contributed by atoms with van der Waals surface area (Å²) < 4.78 is 1.97. The fourth-order valence-corrected chi connectivity index (χ4v) is 4.47. The Hall–Kier alpha value is -2.64. The maximum absolute atomic E-state index is 12.9. The lowest BCUT2D eigenvalue weighted by Gasteiger charge is -2.30. The van der Waals surface area contributed by atoms with Gasteiger partial charge in [0.25, 0.3) is 17.8 Å². The summed E-state index contributed by atoms with van der Waals surface area (Å²) in [5.41, 5.74) is 2.18. The first-order valence-corrected chi connectivity index (χ1v) is 10.5. The molecule has 2 heterocycles. The summed E-state index contributed by atoms with van der Waals surface area (Å²) in [6.07, 6.45) is 0. The molecule has 1 saturated heterocycles. The standard InChI is InChI=1S/C21H20ClN4O2S/c1-24-18-17(19(27)25(2)21(24)28)26(12-14-8-10-16(22)11-9-14)20(23-18)29-13-15-6-4-3-5-7-15/h3-11,17H,12-13H2,1-2H3/q+1. The van der Waals surface area contributed by atoms with Gasteiger partial charge in [0.05, 0.1) is 0 Å². The van der Waals surface area contributed by atoms with Crippen LogP contribution in [0.2, 0.25) is 5.02 Å². The molecular weight excluding hydrogens is 408 g/mol. The number of nitrogens with zero attached hydrogens (tertiary/aromatic N) is 4. The summed E-state index contributed by atoms with van der Waals surface area (Å²) in [6, 6.07) is 16.6. The second kappa shape index (κ2) is 8.00. The van der Waals surface area contributed by atoms with E-state index < -0.39 is 6.04 Å². The summed E-state index contributed by atoms with van der Waals surface area (Å²) in [5.74, 6) is 0.928. The first-order chi connectivity index (χ1) is 14.0. The number of amidine groups is 2. The van der Waals surface area contributed by atoms with Gasteiger partial charge in [-0.15, -0.1) is 0 Å². The number of benzene rings is 2. The van der Waals surface area contributed by atoms with Gasteiger partial charge in [0.1, 0.15) is 6.54 Å². The van der Waals surface area contributed by atoms with E-state index in [0.29, 0.717) is 17.4 Å². The number of hydrogen-bond donors (Lipinski definition) is 0. The van der Waals surface area contributed by atoms with Crippen molar-refractivity contribution >= 4 is 46.3 Å². The van der Waals surface area contributed by atoms with E-state index in [1.54, 1.807) is 18.8 Å². The van der Waals surface area contributed by atoms with Crippen molar-refractivity contribution in [1.29, 1.82) is 0 Å². The van der Waals surface area contributed by atoms with Crippen molar-refractivity contribution in [2.75, 3.05) is 14.1 Å². The number of carbonyl (C=O) groups excluding carboxylic acids is 2. The zero-order chi connectivity index (χ0) is 20.5. The van der Waals surface area contributed by atoms with Gasteiger partial charge in [-0.1, -0.05) is 54.1 Å². The predicted octanol–water partition coefficient (Wildman–Crippen LogP) is 3.45. The van der Waals surface area contributed by atoms with E-state index in [4.69, 9.17) is 16.6 Å². The van der Waals surface area contributed by atoms with Gasteiger partial charge in [-0.3, -0.25) is 14.6 Å². The lowest BCUT2D eigenvalue weighted by molar-refractivity contribution is -0.548. The van der Waals surface area contributed by atoms with Crippen LogP contribution in [0, 0.1) is 0 Å². The Kier molecular flexibility index (Phi) is 5.43. The molecule has 3 amide bonds. The highest BCUT2D eigenvalue weighted by Crippen LogP contribution is 2.26. The van der Waals surface area contributed by atoms with Crippen molar-refractivity contribution in [3.63, 3.8) is 0 Å². The zero-order valence-electron chi connectivity index (χ0n) is 16.1. The van der Waals surface area contributed by atoms with Gasteiger partial charge in [-0.25, -0.2) is 9.37 Å². The number of aliphatic imine (C=N–C) groups is 1. The average molecular weight is 428 g/mol. The van der Waals surface area contributed by atoms with Gasteiger partial charge in [0, 0.05) is 24.9 Å². The molecule has 0 aromatic heterocycles. The van der Waals surface area contributed by atoms with E-state index in [1.807, 2.05) is 47.0 Å². The number of thioether (sulfide) groups is 1. The molecule has 2 aliphatic rings. The van der Waals surface area contributed by atoms with Gasteiger partial charge in [-0.2, -0.15) is 0 Å². The van der Waals surface area contributed by atoms with Gasteiger partial charge in [-0.05, 0) is 40.0 Å². The van der Waals surface area contributed by atoms with Crippen LogP contribution in [0.4, 0.5) is 4.79 Å². The molecule has 1 unspecified atom stereocenters. The Balaban J connectivity index is 1.69. The molecule has 2 aromatic carbocycles. The molecule has 6 nitrogen and oxygen atoms in total. The molecule has 0 bridgehead atoms. The van der Waals surface area contributed by atoms with E-state index in [1.165, 1.54) is 17.5 Å². The van der Waals surface area contributed by atoms with Crippen molar-refractivity contribution in [3.05, 3.63) is 70.7 Å². The minimum atomic E-state index is -0.614. The lowest BCUT2D eigenvalue weighted by atomic mass is 10.1. The molecule has 0 saturated carbocycles. The fourth-order valence-electron chi connectivity index (χ4n) is 3.36. The third kappa shape index (κ3) is 3.80. The van der Waals surface area contributed by atoms with Crippen LogP contribution in [0.15, 0.2) is 59.6 Å². The molecule has 8 heteroatoms. The summed E-state index contributed by atoms with van der Waals surface area (Å²) in [5, 5.41) is 1.39. The molecule has 148 valence electrons. The molecule has 0 aliphatic carbocycles. The van der Waals surface area contributed by atoms with Crippen molar-refractivity contribution in [2.45, 2.75) is 18.3 Å². The smallest absolute Gasteiger partial charge is 0.269 e. The molecule has 0 N–H and O–H groups in total. The Morgan fingerprint density at radius 2 is 1.69 bits per heavy atom. The average Bonchev–Trinajstić information content (AvgIpc) is 3.10. The molecule has 0 radical (unpaired) electrons. The number of amides is 3. The van der Waals surface area contributed by atoms with E-state index in [0.717, 1.165) is 21.4 Å². The maximum Gasteiger partial charge on any atom is 0.358 e. The second-order valence-electron chi connectivity index (χ2n) is 6.92. The third-order valence-electron chi connectivity index (χ3n) is 4.97. The van der Waals surface area contributed by atoms with E-state index in [9.17, 15) is 9.59 Å². The van der Waals surface area contributed by atoms with Crippen LogP contribution in [0.3, 0.4) is 0 Å². The maximum atomic E-state index is 12.9.